The summed E-state index contributed by atoms with van der Waals surface area (Å²) in [7, 11) is 0. The summed E-state index contributed by atoms with van der Waals surface area (Å²) in [4.78, 5) is 20.2. The summed E-state index contributed by atoms with van der Waals surface area (Å²) in [5.41, 5.74) is 0.837. The maximum absolute atomic E-state index is 12.1. The number of pyridine rings is 2. The largest absolute Gasteiger partial charge is 0.370 e. The van der Waals surface area contributed by atoms with Gasteiger partial charge in [0.05, 0.1) is 5.02 Å². The lowest BCUT2D eigenvalue weighted by atomic mass is 10.3. The molecule has 19 heavy (non-hydrogen) atoms. The first kappa shape index (κ1) is 13.3. The molecular weight excluding hydrogens is 264 g/mol. The second-order valence-electron chi connectivity index (χ2n) is 3.75. The van der Waals surface area contributed by atoms with Crippen molar-refractivity contribution >= 4 is 29.0 Å². The van der Waals surface area contributed by atoms with Crippen LogP contribution in [0.25, 0.3) is 0 Å². The molecule has 0 saturated heterocycles. The Bertz CT molecular complexity index is 574. The first-order valence-electron chi connectivity index (χ1n) is 5.82. The van der Waals surface area contributed by atoms with Gasteiger partial charge in [-0.1, -0.05) is 11.6 Å². The maximum atomic E-state index is 12.1. The van der Waals surface area contributed by atoms with Crippen molar-refractivity contribution in [2.24, 2.45) is 0 Å². The van der Waals surface area contributed by atoms with E-state index in [1.165, 1.54) is 0 Å². The Morgan fingerprint density at radius 2 is 2.00 bits per heavy atom. The van der Waals surface area contributed by atoms with E-state index in [1.54, 1.807) is 36.7 Å². The van der Waals surface area contributed by atoms with Gasteiger partial charge in [0, 0.05) is 24.6 Å². The van der Waals surface area contributed by atoms with Crippen LogP contribution < -0.4 is 10.6 Å². The highest BCUT2D eigenvalue weighted by atomic mass is 35.5. The van der Waals surface area contributed by atoms with Gasteiger partial charge in [-0.2, -0.15) is 0 Å². The number of nitrogens with one attached hydrogen (secondary N) is 2. The van der Waals surface area contributed by atoms with Crippen molar-refractivity contribution in [2.75, 3.05) is 17.2 Å². The third-order valence-corrected chi connectivity index (χ3v) is 2.66. The molecule has 0 radical (unpaired) electrons. The molecule has 0 fully saturated rings. The van der Waals surface area contributed by atoms with E-state index in [-0.39, 0.29) is 11.6 Å². The van der Waals surface area contributed by atoms with Gasteiger partial charge in [-0.25, -0.2) is 4.98 Å². The van der Waals surface area contributed by atoms with Crippen molar-refractivity contribution in [1.82, 2.24) is 9.97 Å². The van der Waals surface area contributed by atoms with Gasteiger partial charge >= 0.3 is 0 Å². The second kappa shape index (κ2) is 6.15. The number of hydrogen-bond donors (Lipinski definition) is 2. The average molecular weight is 277 g/mol. The molecule has 2 rings (SSSR count). The highest BCUT2D eigenvalue weighted by Gasteiger charge is 2.13. The van der Waals surface area contributed by atoms with Crippen LogP contribution >= 0.6 is 11.6 Å². The fourth-order valence-corrected chi connectivity index (χ4v) is 1.70. The molecule has 0 aliphatic carbocycles. The van der Waals surface area contributed by atoms with E-state index in [9.17, 15) is 4.79 Å². The van der Waals surface area contributed by atoms with Gasteiger partial charge in [0.2, 0.25) is 0 Å². The molecular formula is C13H13ClN4O. The van der Waals surface area contributed by atoms with E-state index in [0.717, 1.165) is 6.54 Å². The highest BCUT2D eigenvalue weighted by molar-refractivity contribution is 6.34. The first-order chi connectivity index (χ1) is 9.20. The van der Waals surface area contributed by atoms with Crippen molar-refractivity contribution in [2.45, 2.75) is 6.92 Å². The number of amides is 1. The quantitative estimate of drug-likeness (QED) is 0.901. The fourth-order valence-electron chi connectivity index (χ4n) is 1.51. The smallest absolute Gasteiger partial charge is 0.275 e. The van der Waals surface area contributed by atoms with E-state index < -0.39 is 0 Å². The van der Waals surface area contributed by atoms with E-state index in [1.807, 2.05) is 6.92 Å². The van der Waals surface area contributed by atoms with E-state index in [2.05, 4.69) is 20.6 Å². The van der Waals surface area contributed by atoms with Gasteiger partial charge in [-0.15, -0.1) is 0 Å². The number of carbonyl (C=O) groups excluding carboxylic acids is 1. The minimum atomic E-state index is -0.351. The molecule has 2 heterocycles. The first-order valence-corrected chi connectivity index (χ1v) is 6.20. The molecule has 98 valence electrons. The van der Waals surface area contributed by atoms with Crippen LogP contribution in [0.4, 0.5) is 11.5 Å². The molecule has 6 heteroatoms. The number of anilines is 2. The Kier molecular flexibility index (Phi) is 4.30. The number of carbonyl (C=O) groups is 1. The minimum Gasteiger partial charge on any atom is -0.370 e. The predicted molar refractivity (Wildman–Crippen MR) is 75.6 cm³/mol. The van der Waals surface area contributed by atoms with Crippen molar-refractivity contribution in [3.05, 3.63) is 47.4 Å². The zero-order valence-electron chi connectivity index (χ0n) is 10.4. The van der Waals surface area contributed by atoms with Gasteiger partial charge in [0.25, 0.3) is 5.91 Å². The summed E-state index contributed by atoms with van der Waals surface area (Å²) >= 11 is 5.99. The fraction of sp³-hybridized carbons (Fsp3) is 0.154. The monoisotopic (exact) mass is 276 g/mol. The molecule has 0 bridgehead atoms. The number of aromatic nitrogens is 2. The van der Waals surface area contributed by atoms with E-state index in [4.69, 9.17) is 11.6 Å². The number of nitrogens with zero attached hydrogens (tertiary/aromatic N) is 2. The molecule has 0 aliphatic heterocycles. The highest BCUT2D eigenvalue weighted by Crippen LogP contribution is 2.18. The average Bonchev–Trinajstić information content (AvgIpc) is 2.42. The lowest BCUT2D eigenvalue weighted by Gasteiger charge is -2.08. The van der Waals surface area contributed by atoms with Gasteiger partial charge in [0.1, 0.15) is 11.5 Å². The van der Waals surface area contributed by atoms with Crippen LogP contribution in [0.5, 0.6) is 0 Å². The topological polar surface area (TPSA) is 66.9 Å². The van der Waals surface area contributed by atoms with Gasteiger partial charge in [0.15, 0.2) is 0 Å². The molecule has 5 nitrogen and oxygen atoms in total. The summed E-state index contributed by atoms with van der Waals surface area (Å²) < 4.78 is 0. The molecule has 0 unspecified atom stereocenters. The number of hydrogen-bond acceptors (Lipinski definition) is 4. The zero-order chi connectivity index (χ0) is 13.7. The Hall–Kier alpha value is -2.14. The Morgan fingerprint density at radius 3 is 2.68 bits per heavy atom. The summed E-state index contributed by atoms with van der Waals surface area (Å²) in [5.74, 6) is 0.266. The molecule has 0 atom stereocenters. The number of rotatable bonds is 4. The Morgan fingerprint density at radius 1 is 1.26 bits per heavy atom. The van der Waals surface area contributed by atoms with E-state index in [0.29, 0.717) is 16.5 Å². The zero-order valence-corrected chi connectivity index (χ0v) is 11.1. The Labute approximate surface area is 116 Å². The van der Waals surface area contributed by atoms with Crippen molar-refractivity contribution in [1.29, 1.82) is 0 Å². The van der Waals surface area contributed by atoms with Crippen LogP contribution in [0.3, 0.4) is 0 Å². The molecule has 0 aromatic carbocycles. The maximum Gasteiger partial charge on any atom is 0.275 e. The van der Waals surface area contributed by atoms with Crippen molar-refractivity contribution in [3.8, 4) is 0 Å². The molecule has 0 aliphatic rings. The summed E-state index contributed by atoms with van der Waals surface area (Å²) in [6.07, 6.45) is 3.19. The normalized spacial score (nSPS) is 10.0. The molecule has 2 aromatic heterocycles. The van der Waals surface area contributed by atoms with Crippen LogP contribution in [0, 0.1) is 0 Å². The molecule has 2 N–H and O–H groups in total. The third kappa shape index (κ3) is 3.42. The standard InChI is InChI=1S/C13H13ClN4O/c1-2-16-11-4-3-10(14)12(18-11)13(19)17-9-5-7-15-8-6-9/h3-8H,2H2,1H3,(H,16,18)(H,15,17,19). The molecule has 1 amide bonds. The summed E-state index contributed by atoms with van der Waals surface area (Å²) in [6, 6.07) is 6.77. The minimum absolute atomic E-state index is 0.192. The molecule has 0 saturated carbocycles. The molecule has 0 spiro atoms. The second-order valence-corrected chi connectivity index (χ2v) is 4.15. The SMILES string of the molecule is CCNc1ccc(Cl)c(C(=O)Nc2ccncc2)n1. The van der Waals surface area contributed by atoms with Crippen LogP contribution in [-0.2, 0) is 0 Å². The lowest BCUT2D eigenvalue weighted by molar-refractivity contribution is 0.102. The third-order valence-electron chi connectivity index (χ3n) is 2.36. The van der Waals surface area contributed by atoms with Crippen LogP contribution in [0.1, 0.15) is 17.4 Å². The van der Waals surface area contributed by atoms with Crippen molar-refractivity contribution < 1.29 is 4.79 Å². The summed E-state index contributed by atoms with van der Waals surface area (Å²) in [6.45, 7) is 2.67. The summed E-state index contributed by atoms with van der Waals surface area (Å²) in [5, 5.41) is 6.06. The Balaban J connectivity index is 2.21. The predicted octanol–water partition coefficient (Wildman–Crippen LogP) is 2.81. The van der Waals surface area contributed by atoms with E-state index >= 15 is 0 Å². The molecule has 2 aromatic rings. The van der Waals surface area contributed by atoms with Crippen LogP contribution in [-0.4, -0.2) is 22.4 Å². The van der Waals surface area contributed by atoms with Crippen LogP contribution in [0.2, 0.25) is 5.02 Å². The lowest BCUT2D eigenvalue weighted by Crippen LogP contribution is -2.15. The van der Waals surface area contributed by atoms with Crippen molar-refractivity contribution in [3.63, 3.8) is 0 Å². The van der Waals surface area contributed by atoms with Crippen LogP contribution in [0.15, 0.2) is 36.7 Å². The van der Waals surface area contributed by atoms with Gasteiger partial charge in [-0.05, 0) is 31.2 Å². The number of halogens is 1. The van der Waals surface area contributed by atoms with Gasteiger partial charge in [-0.3, -0.25) is 9.78 Å². The van der Waals surface area contributed by atoms with Gasteiger partial charge < -0.3 is 10.6 Å².